The average molecular weight is 505 g/mol. The van der Waals surface area contributed by atoms with E-state index < -0.39 is 0 Å². The molecule has 0 bridgehead atoms. The Balaban J connectivity index is 0.00000392. The van der Waals surface area contributed by atoms with Crippen molar-refractivity contribution < 1.29 is 14.2 Å². The Morgan fingerprint density at radius 3 is 2.75 bits per heavy atom. The maximum atomic E-state index is 5.91. The summed E-state index contributed by atoms with van der Waals surface area (Å²) in [6.07, 6.45) is 3.27. The lowest BCUT2D eigenvalue weighted by atomic mass is 10.0. The molecule has 1 fully saturated rings. The Labute approximate surface area is 186 Å². The first-order valence-corrected chi connectivity index (χ1v) is 10.0. The van der Waals surface area contributed by atoms with Gasteiger partial charge in [-0.1, -0.05) is 17.7 Å². The third kappa shape index (κ3) is 8.53. The minimum absolute atomic E-state index is 0. The van der Waals surface area contributed by atoms with E-state index in [1.807, 2.05) is 6.07 Å². The fourth-order valence-corrected chi connectivity index (χ4v) is 3.14. The highest BCUT2D eigenvalue weighted by atomic mass is 127. The minimum Gasteiger partial charge on any atom is -0.496 e. The van der Waals surface area contributed by atoms with Gasteiger partial charge in [0.05, 0.1) is 19.3 Å². The topological polar surface area (TPSA) is 64.1 Å². The molecule has 1 aliphatic rings. The fourth-order valence-electron chi connectivity index (χ4n) is 3.14. The Kier molecular flexibility index (Phi) is 12.5. The zero-order valence-electron chi connectivity index (χ0n) is 17.6. The molecule has 0 radical (unpaired) electrons. The molecule has 0 spiro atoms. The Morgan fingerprint density at radius 1 is 1.32 bits per heavy atom. The summed E-state index contributed by atoms with van der Waals surface area (Å²) in [7, 11) is 1.71. The number of hydrogen-bond donors (Lipinski definition) is 2. The maximum absolute atomic E-state index is 5.91. The van der Waals surface area contributed by atoms with Gasteiger partial charge in [0.1, 0.15) is 5.75 Å². The predicted octanol–water partition coefficient (Wildman–Crippen LogP) is 3.82. The number of guanidine groups is 1. The van der Waals surface area contributed by atoms with E-state index in [1.165, 1.54) is 5.56 Å². The van der Waals surface area contributed by atoms with Crippen LogP contribution < -0.4 is 15.4 Å². The molecule has 28 heavy (non-hydrogen) atoms. The van der Waals surface area contributed by atoms with Crippen LogP contribution in [0.4, 0.5) is 0 Å². The lowest BCUT2D eigenvalue weighted by Crippen LogP contribution is -2.39. The highest BCUT2D eigenvalue weighted by Gasteiger charge is 2.14. The van der Waals surface area contributed by atoms with Crippen molar-refractivity contribution in [3.63, 3.8) is 0 Å². The van der Waals surface area contributed by atoms with Crippen LogP contribution in [0.2, 0.25) is 0 Å². The molecule has 2 rings (SSSR count). The van der Waals surface area contributed by atoms with Gasteiger partial charge in [0.15, 0.2) is 5.96 Å². The summed E-state index contributed by atoms with van der Waals surface area (Å²) in [4.78, 5) is 4.69. The van der Waals surface area contributed by atoms with E-state index in [4.69, 9.17) is 14.2 Å². The molecule has 2 N–H and O–H groups in total. The van der Waals surface area contributed by atoms with Gasteiger partial charge in [0.2, 0.25) is 0 Å². The van der Waals surface area contributed by atoms with E-state index in [0.717, 1.165) is 69.4 Å². The van der Waals surface area contributed by atoms with E-state index in [2.05, 4.69) is 48.5 Å². The molecular weight excluding hydrogens is 469 g/mol. The van der Waals surface area contributed by atoms with E-state index in [1.54, 1.807) is 7.11 Å². The van der Waals surface area contributed by atoms with Crippen LogP contribution in [-0.2, 0) is 9.47 Å². The summed E-state index contributed by atoms with van der Waals surface area (Å²) in [6, 6.07) is 6.32. The van der Waals surface area contributed by atoms with Gasteiger partial charge in [-0.2, -0.15) is 0 Å². The summed E-state index contributed by atoms with van der Waals surface area (Å²) in [5.74, 6) is 1.71. The van der Waals surface area contributed by atoms with Crippen molar-refractivity contribution >= 4 is 29.9 Å². The van der Waals surface area contributed by atoms with E-state index >= 15 is 0 Å². The van der Waals surface area contributed by atoms with Gasteiger partial charge in [0.25, 0.3) is 0 Å². The highest BCUT2D eigenvalue weighted by molar-refractivity contribution is 14.0. The van der Waals surface area contributed by atoms with Gasteiger partial charge in [-0.15, -0.1) is 24.0 Å². The molecule has 0 aliphatic carbocycles. The van der Waals surface area contributed by atoms with Crippen LogP contribution in [0.15, 0.2) is 23.2 Å². The molecule has 6 nitrogen and oxygen atoms in total. The first-order valence-electron chi connectivity index (χ1n) is 10.0. The van der Waals surface area contributed by atoms with Gasteiger partial charge in [-0.05, 0) is 46.1 Å². The Morgan fingerprint density at radius 2 is 2.07 bits per heavy atom. The zero-order valence-corrected chi connectivity index (χ0v) is 20.0. The second kappa shape index (κ2) is 14.0. The highest BCUT2D eigenvalue weighted by Crippen LogP contribution is 2.25. The van der Waals surface area contributed by atoms with Crippen molar-refractivity contribution in [2.45, 2.75) is 52.2 Å². The number of aliphatic imine (C=N–C) groups is 1. The summed E-state index contributed by atoms with van der Waals surface area (Å²) in [5.41, 5.74) is 2.35. The van der Waals surface area contributed by atoms with Crippen molar-refractivity contribution in [3.05, 3.63) is 29.3 Å². The molecule has 1 unspecified atom stereocenters. The molecule has 1 atom stereocenters. The number of nitrogens with zero attached hydrogens (tertiary/aromatic N) is 1. The Bertz CT molecular complexity index is 592. The molecule has 0 aromatic heterocycles. The standard InChI is InChI=1S/C21H35N3O3.HI/c1-5-22-21(23-11-6-12-27-18-9-13-26-14-10-18)24-17(3)19-15-16(2)7-8-20(19)25-4;/h7-8,15,17-18H,5-6,9-14H2,1-4H3,(H2,22,23,24);1H. The van der Waals surface area contributed by atoms with Crippen molar-refractivity contribution in [3.8, 4) is 5.75 Å². The second-order valence-corrected chi connectivity index (χ2v) is 6.91. The predicted molar refractivity (Wildman–Crippen MR) is 125 cm³/mol. The number of benzene rings is 1. The molecule has 1 saturated heterocycles. The van der Waals surface area contributed by atoms with Crippen molar-refractivity contribution in [1.29, 1.82) is 0 Å². The average Bonchev–Trinajstić information content (AvgIpc) is 2.68. The van der Waals surface area contributed by atoms with E-state index in [-0.39, 0.29) is 30.0 Å². The van der Waals surface area contributed by atoms with Crippen LogP contribution in [0.3, 0.4) is 0 Å². The molecule has 1 aromatic carbocycles. The van der Waals surface area contributed by atoms with Crippen LogP contribution in [0.1, 0.15) is 50.3 Å². The van der Waals surface area contributed by atoms with Crippen molar-refractivity contribution in [1.82, 2.24) is 10.6 Å². The van der Waals surface area contributed by atoms with Gasteiger partial charge < -0.3 is 24.8 Å². The van der Waals surface area contributed by atoms with Crippen LogP contribution in [0.5, 0.6) is 5.75 Å². The molecule has 0 amide bonds. The number of ether oxygens (including phenoxy) is 3. The van der Waals surface area contributed by atoms with E-state index in [0.29, 0.717) is 6.10 Å². The van der Waals surface area contributed by atoms with Crippen molar-refractivity contribution in [2.75, 3.05) is 40.0 Å². The van der Waals surface area contributed by atoms with Crippen LogP contribution in [-0.4, -0.2) is 52.1 Å². The third-order valence-electron chi connectivity index (χ3n) is 4.64. The molecule has 160 valence electrons. The number of rotatable bonds is 9. The Hall–Kier alpha value is -1.06. The van der Waals surface area contributed by atoms with Gasteiger partial charge in [-0.3, -0.25) is 4.99 Å². The number of hydrogen-bond acceptors (Lipinski definition) is 4. The molecule has 1 heterocycles. The lowest BCUT2D eigenvalue weighted by Gasteiger charge is -2.22. The number of aryl methyl sites for hydroxylation is 1. The van der Waals surface area contributed by atoms with Crippen LogP contribution in [0.25, 0.3) is 0 Å². The van der Waals surface area contributed by atoms with Gasteiger partial charge in [-0.25, -0.2) is 0 Å². The molecule has 0 saturated carbocycles. The van der Waals surface area contributed by atoms with Gasteiger partial charge in [0, 0.05) is 38.5 Å². The summed E-state index contributed by atoms with van der Waals surface area (Å²) in [5, 5.41) is 6.79. The van der Waals surface area contributed by atoms with Crippen LogP contribution >= 0.6 is 24.0 Å². The second-order valence-electron chi connectivity index (χ2n) is 6.91. The third-order valence-corrected chi connectivity index (χ3v) is 4.64. The summed E-state index contributed by atoms with van der Waals surface area (Å²) in [6.45, 7) is 10.2. The molecule has 1 aliphatic heterocycles. The smallest absolute Gasteiger partial charge is 0.191 e. The number of halogens is 1. The zero-order chi connectivity index (χ0) is 19.5. The normalized spacial score (nSPS) is 16.2. The monoisotopic (exact) mass is 505 g/mol. The molecule has 1 aromatic rings. The number of methoxy groups -OCH3 is 1. The quantitative estimate of drug-likeness (QED) is 0.231. The first-order chi connectivity index (χ1) is 13.1. The maximum Gasteiger partial charge on any atom is 0.191 e. The fraction of sp³-hybridized carbons (Fsp3) is 0.667. The SMILES string of the molecule is CCNC(=NCCCOC1CCOCC1)NC(C)c1cc(C)ccc1OC.I. The lowest BCUT2D eigenvalue weighted by molar-refractivity contribution is -0.0318. The van der Waals surface area contributed by atoms with E-state index in [9.17, 15) is 0 Å². The van der Waals surface area contributed by atoms with Crippen LogP contribution in [0, 0.1) is 6.92 Å². The summed E-state index contributed by atoms with van der Waals surface area (Å²) >= 11 is 0. The molecular formula is C21H36IN3O3. The number of nitrogens with one attached hydrogen (secondary N) is 2. The van der Waals surface area contributed by atoms with Crippen molar-refractivity contribution in [2.24, 2.45) is 4.99 Å². The minimum atomic E-state index is 0. The molecule has 7 heteroatoms. The largest absolute Gasteiger partial charge is 0.496 e. The summed E-state index contributed by atoms with van der Waals surface area (Å²) < 4.78 is 16.8. The first kappa shape index (κ1) is 25.0. The van der Waals surface area contributed by atoms with Gasteiger partial charge >= 0.3 is 0 Å².